The van der Waals surface area contributed by atoms with Crippen molar-refractivity contribution in [1.29, 1.82) is 0 Å². The van der Waals surface area contributed by atoms with Crippen LogP contribution in [0.25, 0.3) is 0 Å². The standard InChI is InChI=1S/C12H25NO2/c1-4-12(2,10-14)9-13(3)11-5-7-15-8-6-11/h11,14H,4-10H2,1-3H3. The maximum absolute atomic E-state index is 9.38. The van der Waals surface area contributed by atoms with Gasteiger partial charge in [0.25, 0.3) is 0 Å². The van der Waals surface area contributed by atoms with E-state index < -0.39 is 0 Å². The monoisotopic (exact) mass is 215 g/mol. The van der Waals surface area contributed by atoms with Gasteiger partial charge >= 0.3 is 0 Å². The first-order valence-corrected chi connectivity index (χ1v) is 6.00. The summed E-state index contributed by atoms with van der Waals surface area (Å²) in [5, 5.41) is 9.38. The zero-order valence-corrected chi connectivity index (χ0v) is 10.3. The van der Waals surface area contributed by atoms with Gasteiger partial charge in [-0.2, -0.15) is 0 Å². The average Bonchev–Trinajstić information content (AvgIpc) is 2.30. The number of rotatable bonds is 5. The van der Waals surface area contributed by atoms with Gasteiger partial charge in [0.1, 0.15) is 0 Å². The second kappa shape index (κ2) is 5.83. The Balaban J connectivity index is 2.41. The Morgan fingerprint density at radius 1 is 1.40 bits per heavy atom. The smallest absolute Gasteiger partial charge is 0.0496 e. The zero-order chi connectivity index (χ0) is 11.3. The number of hydrogen-bond donors (Lipinski definition) is 1. The van der Waals surface area contributed by atoms with Gasteiger partial charge in [0.15, 0.2) is 0 Å². The van der Waals surface area contributed by atoms with Crippen LogP contribution in [0.15, 0.2) is 0 Å². The summed E-state index contributed by atoms with van der Waals surface area (Å²) in [6.07, 6.45) is 3.28. The van der Waals surface area contributed by atoms with Crippen molar-refractivity contribution in [2.75, 3.05) is 33.4 Å². The SMILES string of the molecule is CCC(C)(CO)CN(C)C1CCOCC1. The molecular weight excluding hydrogens is 190 g/mol. The Kier molecular flexibility index (Phi) is 5.03. The Morgan fingerprint density at radius 2 is 2.00 bits per heavy atom. The third-order valence-electron chi connectivity index (χ3n) is 3.68. The van der Waals surface area contributed by atoms with Gasteiger partial charge in [-0.15, -0.1) is 0 Å². The lowest BCUT2D eigenvalue weighted by molar-refractivity contribution is 0.0175. The molecule has 1 saturated heterocycles. The van der Waals surface area contributed by atoms with E-state index in [0.29, 0.717) is 6.04 Å². The van der Waals surface area contributed by atoms with Gasteiger partial charge < -0.3 is 14.7 Å². The van der Waals surface area contributed by atoms with Crippen LogP contribution in [-0.2, 0) is 4.74 Å². The first-order valence-electron chi connectivity index (χ1n) is 6.00. The Morgan fingerprint density at radius 3 is 2.47 bits per heavy atom. The molecular formula is C12H25NO2. The van der Waals surface area contributed by atoms with Crippen LogP contribution in [0.5, 0.6) is 0 Å². The maximum atomic E-state index is 9.38. The Bertz CT molecular complexity index is 174. The summed E-state index contributed by atoms with van der Waals surface area (Å²) in [5.41, 5.74) is 0.0487. The number of ether oxygens (including phenoxy) is 1. The first-order chi connectivity index (χ1) is 7.11. The molecule has 0 aromatic rings. The minimum absolute atomic E-state index is 0.0487. The van der Waals surface area contributed by atoms with Crippen molar-refractivity contribution in [3.05, 3.63) is 0 Å². The van der Waals surface area contributed by atoms with Crippen LogP contribution >= 0.6 is 0 Å². The third-order valence-corrected chi connectivity index (χ3v) is 3.68. The highest BCUT2D eigenvalue weighted by Crippen LogP contribution is 2.24. The highest BCUT2D eigenvalue weighted by atomic mass is 16.5. The van der Waals surface area contributed by atoms with E-state index in [0.717, 1.165) is 39.0 Å². The van der Waals surface area contributed by atoms with Crippen LogP contribution < -0.4 is 0 Å². The second-order valence-corrected chi connectivity index (χ2v) is 5.08. The summed E-state index contributed by atoms with van der Waals surface area (Å²) in [6.45, 7) is 7.33. The van der Waals surface area contributed by atoms with Crippen molar-refractivity contribution in [1.82, 2.24) is 4.90 Å². The first kappa shape index (κ1) is 12.9. The predicted molar refractivity (Wildman–Crippen MR) is 62.0 cm³/mol. The molecule has 0 aromatic carbocycles. The molecule has 1 unspecified atom stereocenters. The fourth-order valence-corrected chi connectivity index (χ4v) is 2.13. The summed E-state index contributed by atoms with van der Waals surface area (Å²) < 4.78 is 5.36. The molecule has 0 amide bonds. The van der Waals surface area contributed by atoms with Gasteiger partial charge in [0.2, 0.25) is 0 Å². The molecule has 0 saturated carbocycles. The minimum Gasteiger partial charge on any atom is -0.396 e. The Hall–Kier alpha value is -0.120. The van der Waals surface area contributed by atoms with Crippen molar-refractivity contribution in [2.24, 2.45) is 5.41 Å². The normalized spacial score (nSPS) is 23.0. The topological polar surface area (TPSA) is 32.7 Å². The molecule has 1 fully saturated rings. The van der Waals surface area contributed by atoms with E-state index in [1.54, 1.807) is 0 Å². The van der Waals surface area contributed by atoms with Gasteiger partial charge in [0, 0.05) is 37.8 Å². The molecule has 1 aliphatic heterocycles. The Labute approximate surface area is 93.4 Å². The molecule has 0 spiro atoms. The molecule has 1 heterocycles. The van der Waals surface area contributed by atoms with Crippen LogP contribution in [0, 0.1) is 5.41 Å². The molecule has 0 aromatic heterocycles. The van der Waals surface area contributed by atoms with Gasteiger partial charge in [-0.3, -0.25) is 0 Å². The molecule has 0 radical (unpaired) electrons. The van der Waals surface area contributed by atoms with Crippen molar-refractivity contribution < 1.29 is 9.84 Å². The molecule has 1 atom stereocenters. The third kappa shape index (κ3) is 3.74. The number of hydrogen-bond acceptors (Lipinski definition) is 3. The van der Waals surface area contributed by atoms with E-state index in [9.17, 15) is 5.11 Å². The van der Waals surface area contributed by atoms with Crippen molar-refractivity contribution in [2.45, 2.75) is 39.2 Å². The summed E-state index contributed by atoms with van der Waals surface area (Å²) in [6, 6.07) is 0.635. The summed E-state index contributed by atoms with van der Waals surface area (Å²) >= 11 is 0. The highest BCUT2D eigenvalue weighted by Gasteiger charge is 2.27. The van der Waals surface area contributed by atoms with Crippen LogP contribution in [0.4, 0.5) is 0 Å². The number of nitrogens with zero attached hydrogens (tertiary/aromatic N) is 1. The van der Waals surface area contributed by atoms with Crippen molar-refractivity contribution >= 4 is 0 Å². The molecule has 3 heteroatoms. The summed E-state index contributed by atoms with van der Waals surface area (Å²) in [7, 11) is 2.17. The van der Waals surface area contributed by atoms with Gasteiger partial charge in [-0.25, -0.2) is 0 Å². The van der Waals surface area contributed by atoms with Crippen LogP contribution in [0.3, 0.4) is 0 Å². The van der Waals surface area contributed by atoms with Crippen LogP contribution in [-0.4, -0.2) is 49.5 Å². The van der Waals surface area contributed by atoms with E-state index in [4.69, 9.17) is 4.74 Å². The summed E-state index contributed by atoms with van der Waals surface area (Å²) in [4.78, 5) is 2.39. The lowest BCUT2D eigenvalue weighted by Crippen LogP contribution is -2.43. The molecule has 1 aliphatic rings. The number of aliphatic hydroxyl groups is 1. The molecule has 3 nitrogen and oxygen atoms in total. The van der Waals surface area contributed by atoms with Gasteiger partial charge in [-0.05, 0) is 26.3 Å². The zero-order valence-electron chi connectivity index (χ0n) is 10.3. The lowest BCUT2D eigenvalue weighted by Gasteiger charge is -2.37. The van der Waals surface area contributed by atoms with Gasteiger partial charge in [0.05, 0.1) is 0 Å². The fraction of sp³-hybridized carbons (Fsp3) is 1.00. The molecule has 1 rings (SSSR count). The minimum atomic E-state index is 0.0487. The van der Waals surface area contributed by atoms with E-state index in [2.05, 4.69) is 25.8 Å². The van der Waals surface area contributed by atoms with E-state index >= 15 is 0 Å². The molecule has 0 aliphatic carbocycles. The van der Waals surface area contributed by atoms with Crippen molar-refractivity contribution in [3.8, 4) is 0 Å². The van der Waals surface area contributed by atoms with Gasteiger partial charge in [-0.1, -0.05) is 13.8 Å². The van der Waals surface area contributed by atoms with Crippen LogP contribution in [0.1, 0.15) is 33.1 Å². The quantitative estimate of drug-likeness (QED) is 0.754. The highest BCUT2D eigenvalue weighted by molar-refractivity contribution is 4.80. The summed E-state index contributed by atoms with van der Waals surface area (Å²) in [5.74, 6) is 0. The van der Waals surface area contributed by atoms with E-state index in [-0.39, 0.29) is 12.0 Å². The second-order valence-electron chi connectivity index (χ2n) is 5.08. The molecule has 0 bridgehead atoms. The van der Waals surface area contributed by atoms with Crippen molar-refractivity contribution in [3.63, 3.8) is 0 Å². The maximum Gasteiger partial charge on any atom is 0.0496 e. The van der Waals surface area contributed by atoms with E-state index in [1.807, 2.05) is 0 Å². The lowest BCUT2D eigenvalue weighted by atomic mass is 9.87. The predicted octanol–water partition coefficient (Wildman–Crippen LogP) is 1.51. The largest absolute Gasteiger partial charge is 0.396 e. The van der Waals surface area contributed by atoms with E-state index in [1.165, 1.54) is 0 Å². The molecule has 90 valence electrons. The fourth-order valence-electron chi connectivity index (χ4n) is 2.13. The molecule has 15 heavy (non-hydrogen) atoms. The number of aliphatic hydroxyl groups excluding tert-OH is 1. The van der Waals surface area contributed by atoms with Crippen LogP contribution in [0.2, 0.25) is 0 Å². The molecule has 1 N–H and O–H groups in total. The average molecular weight is 215 g/mol.